The van der Waals surface area contributed by atoms with Gasteiger partial charge in [-0.15, -0.1) is 11.3 Å². The average Bonchev–Trinajstić information content (AvgIpc) is 2.90. The predicted molar refractivity (Wildman–Crippen MR) is 94.4 cm³/mol. The molecule has 1 atom stereocenters. The maximum atomic E-state index is 12.2. The summed E-state index contributed by atoms with van der Waals surface area (Å²) in [5, 5.41) is 6.48. The van der Waals surface area contributed by atoms with E-state index in [9.17, 15) is 4.79 Å². The predicted octanol–water partition coefficient (Wildman–Crippen LogP) is 4.42. The van der Waals surface area contributed by atoms with Crippen LogP contribution in [0.4, 0.5) is 0 Å². The molecule has 0 bridgehead atoms. The van der Waals surface area contributed by atoms with E-state index in [1.165, 1.54) is 15.6 Å². The molecule has 3 rings (SSSR count). The molecule has 112 valence electrons. The smallest absolute Gasteiger partial charge is 0.253 e. The number of carbonyl (C=O) groups is 1. The van der Waals surface area contributed by atoms with Crippen molar-refractivity contribution in [1.82, 2.24) is 10.3 Å². The Bertz CT molecular complexity index is 815. The van der Waals surface area contributed by atoms with Gasteiger partial charge < -0.3 is 5.32 Å². The van der Waals surface area contributed by atoms with Crippen LogP contribution in [-0.2, 0) is 6.42 Å². The first-order valence-corrected chi connectivity index (χ1v) is 8.67. The summed E-state index contributed by atoms with van der Waals surface area (Å²) in [6.45, 7) is 2.02. The minimum Gasteiger partial charge on any atom is -0.349 e. The zero-order valence-electron chi connectivity index (χ0n) is 12.0. The Labute approximate surface area is 141 Å². The number of fused-ring (bicyclic) bond motifs is 1. The zero-order valence-corrected chi connectivity index (χ0v) is 14.4. The molecule has 1 amide bonds. The van der Waals surface area contributed by atoms with Crippen LogP contribution in [0.3, 0.4) is 0 Å². The first-order valence-electron chi connectivity index (χ1n) is 7.00. The lowest BCUT2D eigenvalue weighted by molar-refractivity contribution is 0.0939. The molecule has 1 unspecified atom stereocenters. The highest BCUT2D eigenvalue weighted by Crippen LogP contribution is 2.26. The van der Waals surface area contributed by atoms with E-state index in [4.69, 9.17) is 0 Å². The molecule has 1 N–H and O–H groups in total. The highest BCUT2D eigenvalue weighted by molar-refractivity contribution is 9.10. The maximum Gasteiger partial charge on any atom is 0.253 e. The normalized spacial score (nSPS) is 12.3. The second-order valence-corrected chi connectivity index (χ2v) is 7.05. The fraction of sp³-hybridized carbons (Fsp3) is 0.176. The minimum atomic E-state index is -0.0964. The Kier molecular flexibility index (Phi) is 4.55. The van der Waals surface area contributed by atoms with E-state index in [1.54, 1.807) is 29.8 Å². The Morgan fingerprint density at radius 3 is 3.00 bits per heavy atom. The van der Waals surface area contributed by atoms with E-state index in [2.05, 4.69) is 49.8 Å². The number of nitrogens with zero attached hydrogens (tertiary/aromatic N) is 1. The van der Waals surface area contributed by atoms with Crippen molar-refractivity contribution in [3.63, 3.8) is 0 Å². The Hall–Kier alpha value is -1.72. The number of benzene rings is 1. The van der Waals surface area contributed by atoms with Gasteiger partial charge in [0, 0.05) is 27.6 Å². The summed E-state index contributed by atoms with van der Waals surface area (Å²) in [7, 11) is 0. The molecule has 0 aliphatic rings. The van der Waals surface area contributed by atoms with Crippen molar-refractivity contribution in [2.45, 2.75) is 19.4 Å². The molecule has 0 aliphatic heterocycles. The Balaban J connectivity index is 1.70. The van der Waals surface area contributed by atoms with Crippen LogP contribution < -0.4 is 5.32 Å². The van der Waals surface area contributed by atoms with Gasteiger partial charge in [-0.2, -0.15) is 0 Å². The molecule has 5 heteroatoms. The van der Waals surface area contributed by atoms with E-state index in [0.29, 0.717) is 5.56 Å². The lowest BCUT2D eigenvalue weighted by Crippen LogP contribution is -2.34. The van der Waals surface area contributed by atoms with Gasteiger partial charge in [-0.1, -0.05) is 18.2 Å². The van der Waals surface area contributed by atoms with Gasteiger partial charge in [-0.05, 0) is 57.7 Å². The molecule has 0 saturated heterocycles. The number of carbonyl (C=O) groups excluding carboxylic acids is 1. The van der Waals surface area contributed by atoms with Crippen LogP contribution >= 0.6 is 27.3 Å². The molecule has 0 aliphatic carbocycles. The molecule has 1 aromatic carbocycles. The summed E-state index contributed by atoms with van der Waals surface area (Å²) in [6.07, 6.45) is 4.06. The number of halogens is 1. The lowest BCUT2D eigenvalue weighted by atomic mass is 10.1. The largest absolute Gasteiger partial charge is 0.349 e. The first-order chi connectivity index (χ1) is 10.6. The van der Waals surface area contributed by atoms with Crippen molar-refractivity contribution in [3.8, 4) is 0 Å². The van der Waals surface area contributed by atoms with Crippen LogP contribution in [0.25, 0.3) is 10.1 Å². The highest BCUT2D eigenvalue weighted by atomic mass is 79.9. The van der Waals surface area contributed by atoms with Crippen molar-refractivity contribution < 1.29 is 4.79 Å². The van der Waals surface area contributed by atoms with Crippen LogP contribution in [0.1, 0.15) is 22.8 Å². The van der Waals surface area contributed by atoms with Gasteiger partial charge in [-0.25, -0.2) is 0 Å². The van der Waals surface area contributed by atoms with Crippen LogP contribution in [0, 0.1) is 0 Å². The number of amides is 1. The molecule has 0 radical (unpaired) electrons. The topological polar surface area (TPSA) is 42.0 Å². The van der Waals surface area contributed by atoms with Gasteiger partial charge in [0.1, 0.15) is 0 Å². The second kappa shape index (κ2) is 6.58. The number of aromatic nitrogens is 1. The molecule has 3 aromatic rings. The van der Waals surface area contributed by atoms with E-state index >= 15 is 0 Å². The summed E-state index contributed by atoms with van der Waals surface area (Å²) >= 11 is 5.08. The van der Waals surface area contributed by atoms with Crippen molar-refractivity contribution in [2.75, 3.05) is 0 Å². The van der Waals surface area contributed by atoms with Crippen molar-refractivity contribution in [3.05, 3.63) is 63.7 Å². The molecular formula is C17H15BrN2OS. The number of pyridine rings is 1. The van der Waals surface area contributed by atoms with Crippen molar-refractivity contribution >= 4 is 43.3 Å². The first kappa shape index (κ1) is 15.2. The molecule has 0 fully saturated rings. The van der Waals surface area contributed by atoms with Crippen molar-refractivity contribution in [1.29, 1.82) is 0 Å². The molecular weight excluding hydrogens is 360 g/mol. The standard InChI is InChI=1S/C17H15BrN2OS/c1-11(20-17(21)12-7-14(18)9-19-8-12)6-13-10-22-16-5-3-2-4-15(13)16/h2-5,7-11H,6H2,1H3,(H,20,21). The van der Waals surface area contributed by atoms with Crippen molar-refractivity contribution in [2.24, 2.45) is 0 Å². The van der Waals surface area contributed by atoms with Gasteiger partial charge in [0.25, 0.3) is 5.91 Å². The Morgan fingerprint density at radius 1 is 1.36 bits per heavy atom. The molecule has 0 spiro atoms. The number of nitrogens with one attached hydrogen (secondary N) is 1. The van der Waals surface area contributed by atoms with Gasteiger partial charge in [0.2, 0.25) is 0 Å². The second-order valence-electron chi connectivity index (χ2n) is 5.23. The number of rotatable bonds is 4. The van der Waals surface area contributed by atoms with Gasteiger partial charge in [0.05, 0.1) is 5.56 Å². The summed E-state index contributed by atoms with van der Waals surface area (Å²) in [6, 6.07) is 10.2. The molecule has 3 nitrogen and oxygen atoms in total. The van der Waals surface area contributed by atoms with E-state index in [1.807, 2.05) is 13.0 Å². The lowest BCUT2D eigenvalue weighted by Gasteiger charge is -2.13. The summed E-state index contributed by atoms with van der Waals surface area (Å²) in [4.78, 5) is 16.3. The summed E-state index contributed by atoms with van der Waals surface area (Å²) in [5.74, 6) is -0.0964. The van der Waals surface area contributed by atoms with Crippen LogP contribution in [0.5, 0.6) is 0 Å². The number of hydrogen-bond acceptors (Lipinski definition) is 3. The van der Waals surface area contributed by atoms with Gasteiger partial charge in [-0.3, -0.25) is 9.78 Å². The third kappa shape index (κ3) is 3.36. The number of thiophene rings is 1. The highest BCUT2D eigenvalue weighted by Gasteiger charge is 2.13. The molecule has 2 heterocycles. The van der Waals surface area contributed by atoms with Crippen LogP contribution in [0.2, 0.25) is 0 Å². The van der Waals surface area contributed by atoms with Crippen LogP contribution in [-0.4, -0.2) is 16.9 Å². The fourth-order valence-corrected chi connectivity index (χ4v) is 3.76. The molecule has 0 saturated carbocycles. The molecule has 2 aromatic heterocycles. The van der Waals surface area contributed by atoms with E-state index in [-0.39, 0.29) is 11.9 Å². The summed E-state index contributed by atoms with van der Waals surface area (Å²) in [5.41, 5.74) is 1.84. The van der Waals surface area contributed by atoms with Gasteiger partial charge >= 0.3 is 0 Å². The fourth-order valence-electron chi connectivity index (χ4n) is 2.41. The van der Waals surface area contributed by atoms with Crippen LogP contribution in [0.15, 0.2) is 52.6 Å². The quantitative estimate of drug-likeness (QED) is 0.734. The monoisotopic (exact) mass is 374 g/mol. The third-order valence-electron chi connectivity index (χ3n) is 3.43. The Morgan fingerprint density at radius 2 is 2.18 bits per heavy atom. The summed E-state index contributed by atoms with van der Waals surface area (Å²) < 4.78 is 2.09. The van der Waals surface area contributed by atoms with Gasteiger partial charge in [0.15, 0.2) is 0 Å². The average molecular weight is 375 g/mol. The number of hydrogen-bond donors (Lipinski definition) is 1. The molecule has 22 heavy (non-hydrogen) atoms. The van der Waals surface area contributed by atoms with E-state index in [0.717, 1.165) is 10.9 Å². The SMILES string of the molecule is CC(Cc1csc2ccccc12)NC(=O)c1cncc(Br)c1. The maximum absolute atomic E-state index is 12.2. The van der Waals surface area contributed by atoms with E-state index < -0.39 is 0 Å². The minimum absolute atomic E-state index is 0.0597. The zero-order chi connectivity index (χ0) is 15.5. The third-order valence-corrected chi connectivity index (χ3v) is 4.88.